The maximum atomic E-state index is 12.2. The summed E-state index contributed by atoms with van der Waals surface area (Å²) < 4.78 is 6.60. The maximum absolute atomic E-state index is 12.2. The Balaban J connectivity index is 2.34. The van der Waals surface area contributed by atoms with Crippen molar-refractivity contribution in [3.05, 3.63) is 43.5 Å². The molecule has 0 spiro atoms. The molecule has 0 atom stereocenters. The highest BCUT2D eigenvalue weighted by Gasteiger charge is 2.17. The Hall–Kier alpha value is -1.79. The predicted molar refractivity (Wildman–Crippen MR) is 80.3 cm³/mol. The molecule has 0 unspecified atom stereocenters. The summed E-state index contributed by atoms with van der Waals surface area (Å²) in [6, 6.07) is 4.93. The summed E-state index contributed by atoms with van der Waals surface area (Å²) in [6.45, 7) is 1.72. The van der Waals surface area contributed by atoms with Crippen LogP contribution >= 0.6 is 22.9 Å². The molecule has 1 amide bonds. The Bertz CT molecular complexity index is 721. The van der Waals surface area contributed by atoms with Gasteiger partial charge in [0.15, 0.2) is 0 Å². The van der Waals surface area contributed by atoms with Crippen LogP contribution in [0.4, 0.5) is 5.69 Å². The van der Waals surface area contributed by atoms with Crippen LogP contribution in [0.5, 0.6) is 5.75 Å². The molecule has 2 rings (SSSR count). The minimum Gasteiger partial charge on any atom is -0.495 e. The molecule has 0 fully saturated rings. The van der Waals surface area contributed by atoms with Crippen LogP contribution in [-0.2, 0) is 7.05 Å². The summed E-state index contributed by atoms with van der Waals surface area (Å²) in [7, 11) is 3.13. The third-order valence-electron chi connectivity index (χ3n) is 2.91. The number of nitrogens with one attached hydrogen (secondary N) is 1. The van der Waals surface area contributed by atoms with Gasteiger partial charge in [-0.1, -0.05) is 22.9 Å². The molecule has 1 N–H and O–H groups in total. The molecule has 1 aromatic carbocycles. The number of thiazole rings is 1. The van der Waals surface area contributed by atoms with Gasteiger partial charge in [0.05, 0.1) is 12.8 Å². The first kappa shape index (κ1) is 14.6. The zero-order valence-corrected chi connectivity index (χ0v) is 12.8. The van der Waals surface area contributed by atoms with E-state index in [1.807, 2.05) is 0 Å². The molecule has 7 heteroatoms. The lowest BCUT2D eigenvalue weighted by atomic mass is 10.2. The van der Waals surface area contributed by atoms with Crippen LogP contribution in [0.3, 0.4) is 0 Å². The first-order chi connectivity index (χ1) is 9.43. The van der Waals surface area contributed by atoms with Gasteiger partial charge < -0.3 is 14.6 Å². The van der Waals surface area contributed by atoms with Crippen molar-refractivity contribution in [3.8, 4) is 5.75 Å². The third-order valence-corrected chi connectivity index (χ3v) is 4.28. The summed E-state index contributed by atoms with van der Waals surface area (Å²) >= 11 is 6.81. The molecule has 2 aromatic rings. The Labute approximate surface area is 124 Å². The van der Waals surface area contributed by atoms with E-state index in [2.05, 4.69) is 5.32 Å². The number of carbonyl (C=O) groups is 1. The van der Waals surface area contributed by atoms with Gasteiger partial charge >= 0.3 is 4.87 Å². The van der Waals surface area contributed by atoms with E-state index in [4.69, 9.17) is 16.3 Å². The van der Waals surface area contributed by atoms with E-state index in [9.17, 15) is 9.59 Å². The summed E-state index contributed by atoms with van der Waals surface area (Å²) in [6.07, 6.45) is 0. The van der Waals surface area contributed by atoms with Gasteiger partial charge in [0.25, 0.3) is 5.91 Å². The molecule has 5 nitrogen and oxygen atoms in total. The summed E-state index contributed by atoms with van der Waals surface area (Å²) in [5.74, 6) is 0.148. The highest BCUT2D eigenvalue weighted by molar-refractivity contribution is 7.11. The predicted octanol–water partition coefficient (Wildman–Crippen LogP) is 2.67. The molecule has 0 saturated carbocycles. The van der Waals surface area contributed by atoms with Gasteiger partial charge in [-0.25, -0.2) is 0 Å². The number of hydrogen-bond acceptors (Lipinski definition) is 4. The Morgan fingerprint density at radius 3 is 2.70 bits per heavy atom. The zero-order valence-electron chi connectivity index (χ0n) is 11.2. The Morgan fingerprint density at radius 2 is 2.15 bits per heavy atom. The molecule has 0 bridgehead atoms. The average Bonchev–Trinajstić information content (AvgIpc) is 2.67. The van der Waals surface area contributed by atoms with Crippen molar-refractivity contribution in [1.82, 2.24) is 4.57 Å². The van der Waals surface area contributed by atoms with Crippen molar-refractivity contribution in [3.63, 3.8) is 0 Å². The quantitative estimate of drug-likeness (QED) is 0.948. The van der Waals surface area contributed by atoms with E-state index in [0.717, 1.165) is 11.3 Å². The largest absolute Gasteiger partial charge is 0.495 e. The maximum Gasteiger partial charge on any atom is 0.307 e. The van der Waals surface area contributed by atoms with Crippen molar-refractivity contribution in [1.29, 1.82) is 0 Å². The number of hydrogen-bond donors (Lipinski definition) is 1. The highest BCUT2D eigenvalue weighted by Crippen LogP contribution is 2.28. The van der Waals surface area contributed by atoms with E-state index >= 15 is 0 Å². The van der Waals surface area contributed by atoms with Gasteiger partial charge in [-0.2, -0.15) is 0 Å². The van der Waals surface area contributed by atoms with Crippen molar-refractivity contribution in [2.24, 2.45) is 7.05 Å². The first-order valence-corrected chi connectivity index (χ1v) is 6.94. The smallest absolute Gasteiger partial charge is 0.307 e. The summed E-state index contributed by atoms with van der Waals surface area (Å²) in [5, 5.41) is 3.20. The van der Waals surface area contributed by atoms with Crippen molar-refractivity contribution >= 4 is 34.5 Å². The average molecular weight is 313 g/mol. The molecule has 0 aliphatic rings. The molecule has 0 radical (unpaired) electrons. The van der Waals surface area contributed by atoms with Crippen molar-refractivity contribution in [2.45, 2.75) is 6.92 Å². The van der Waals surface area contributed by atoms with E-state index in [0.29, 0.717) is 27.0 Å². The number of amides is 1. The highest BCUT2D eigenvalue weighted by atomic mass is 35.5. The number of rotatable bonds is 3. The lowest BCUT2D eigenvalue weighted by Gasteiger charge is -2.10. The fraction of sp³-hybridized carbons (Fsp3) is 0.231. The second-order valence-corrected chi connectivity index (χ2v) is 5.54. The molecule has 1 aromatic heterocycles. The number of anilines is 1. The van der Waals surface area contributed by atoms with Crippen LogP contribution in [0.15, 0.2) is 23.0 Å². The normalized spacial score (nSPS) is 10.4. The Morgan fingerprint density at radius 1 is 1.45 bits per heavy atom. The van der Waals surface area contributed by atoms with Crippen LogP contribution in [0.1, 0.15) is 15.4 Å². The minimum absolute atomic E-state index is 0.175. The third kappa shape index (κ3) is 2.71. The van der Waals surface area contributed by atoms with Gasteiger partial charge in [0.1, 0.15) is 10.6 Å². The molecule has 0 aliphatic heterocycles. The fourth-order valence-corrected chi connectivity index (χ4v) is 2.74. The molecular formula is C13H13ClN2O3S. The minimum atomic E-state index is -0.356. The first-order valence-electron chi connectivity index (χ1n) is 5.75. The molecule has 106 valence electrons. The summed E-state index contributed by atoms with van der Waals surface area (Å²) in [5.41, 5.74) is 1.09. The van der Waals surface area contributed by atoms with E-state index < -0.39 is 0 Å². The topological polar surface area (TPSA) is 60.3 Å². The van der Waals surface area contributed by atoms with E-state index in [1.165, 1.54) is 11.7 Å². The standard InChI is InChI=1S/C13H13ClN2O3S/c1-7-11(20-13(18)16(7)2)12(17)15-9-6-8(14)4-5-10(9)19-3/h4-6H,1-3H3,(H,15,17). The number of benzene rings is 1. The van der Waals surface area contributed by atoms with Crippen LogP contribution in [0.2, 0.25) is 5.02 Å². The van der Waals surface area contributed by atoms with Crippen molar-refractivity contribution < 1.29 is 9.53 Å². The van der Waals surface area contributed by atoms with Crippen molar-refractivity contribution in [2.75, 3.05) is 12.4 Å². The lowest BCUT2D eigenvalue weighted by Crippen LogP contribution is -2.13. The van der Waals surface area contributed by atoms with Gasteiger partial charge in [-0.3, -0.25) is 9.59 Å². The van der Waals surface area contributed by atoms with Crippen LogP contribution in [0, 0.1) is 6.92 Å². The molecular weight excluding hydrogens is 300 g/mol. The van der Waals surface area contributed by atoms with Crippen LogP contribution < -0.4 is 14.9 Å². The summed E-state index contributed by atoms with van der Waals surface area (Å²) in [4.78, 5) is 24.0. The van der Waals surface area contributed by atoms with Gasteiger partial charge in [0, 0.05) is 17.8 Å². The SMILES string of the molecule is COc1ccc(Cl)cc1NC(=O)c1sc(=O)n(C)c1C. The second kappa shape index (κ2) is 5.68. The molecule has 0 saturated heterocycles. The number of aromatic nitrogens is 1. The van der Waals surface area contributed by atoms with Crippen LogP contribution in [0.25, 0.3) is 0 Å². The number of methoxy groups -OCH3 is 1. The Kier molecular flexibility index (Phi) is 4.15. The van der Waals surface area contributed by atoms with Gasteiger partial charge in [-0.15, -0.1) is 0 Å². The van der Waals surface area contributed by atoms with Crippen LogP contribution in [-0.4, -0.2) is 17.6 Å². The number of carbonyl (C=O) groups excluding carboxylic acids is 1. The molecule has 20 heavy (non-hydrogen) atoms. The second-order valence-electron chi connectivity index (χ2n) is 4.14. The number of nitrogens with zero attached hydrogens (tertiary/aromatic N) is 1. The number of halogens is 1. The lowest BCUT2D eigenvalue weighted by molar-refractivity contribution is 0.102. The molecule has 0 aliphatic carbocycles. The monoisotopic (exact) mass is 312 g/mol. The van der Waals surface area contributed by atoms with E-state index in [-0.39, 0.29) is 10.8 Å². The zero-order chi connectivity index (χ0) is 14.9. The van der Waals surface area contributed by atoms with E-state index in [1.54, 1.807) is 32.2 Å². The number of ether oxygens (including phenoxy) is 1. The van der Waals surface area contributed by atoms with Gasteiger partial charge in [-0.05, 0) is 25.1 Å². The molecule has 1 heterocycles. The fourth-order valence-electron chi connectivity index (χ4n) is 1.69. The van der Waals surface area contributed by atoms with Gasteiger partial charge in [0.2, 0.25) is 0 Å².